The number of halogens is 1. The van der Waals surface area contributed by atoms with Gasteiger partial charge in [0.1, 0.15) is 5.82 Å². The van der Waals surface area contributed by atoms with Crippen LogP contribution in [-0.4, -0.2) is 21.6 Å². The number of nitrogens with zero attached hydrogens (tertiary/aromatic N) is 3. The molecule has 0 aliphatic carbocycles. The van der Waals surface area contributed by atoms with Gasteiger partial charge >= 0.3 is 0 Å². The van der Waals surface area contributed by atoms with Gasteiger partial charge in [0.15, 0.2) is 5.82 Å². The van der Waals surface area contributed by atoms with E-state index in [9.17, 15) is 4.39 Å². The molecule has 1 aliphatic heterocycles. The summed E-state index contributed by atoms with van der Waals surface area (Å²) >= 11 is 0. The van der Waals surface area contributed by atoms with E-state index in [1.54, 1.807) is 6.07 Å². The molecule has 0 saturated carbocycles. The predicted molar refractivity (Wildman–Crippen MR) is 77.1 cm³/mol. The monoisotopic (exact) mass is 289 g/mol. The average Bonchev–Trinajstić information content (AvgIpc) is 2.84. The summed E-state index contributed by atoms with van der Waals surface area (Å²) in [4.78, 5) is 6.64. The van der Waals surface area contributed by atoms with Crippen molar-refractivity contribution >= 4 is 0 Å². The zero-order chi connectivity index (χ0) is 14.8. The fraction of sp³-hybridized carbons (Fsp3) is 0.500. The van der Waals surface area contributed by atoms with Crippen LogP contribution in [0.15, 0.2) is 22.7 Å². The first kappa shape index (κ1) is 14.2. The van der Waals surface area contributed by atoms with Crippen molar-refractivity contribution < 1.29 is 8.91 Å². The summed E-state index contributed by atoms with van der Waals surface area (Å²) in [6, 6.07) is 5.04. The van der Waals surface area contributed by atoms with Gasteiger partial charge in [-0.2, -0.15) is 4.98 Å². The molecule has 21 heavy (non-hydrogen) atoms. The van der Waals surface area contributed by atoms with E-state index in [1.807, 2.05) is 6.07 Å². The van der Waals surface area contributed by atoms with Gasteiger partial charge in [-0.05, 0) is 35.6 Å². The molecule has 0 spiro atoms. The lowest BCUT2D eigenvalue weighted by molar-refractivity contribution is 0.210. The standard InChI is InChI=1S/C16H20FN3O/c1-11(2)7-15-18-16(21-19-15)10-20-6-5-12-3-4-14(17)8-13(12)9-20/h3-4,8,11H,5-7,9-10H2,1-2H3. The third kappa shape index (κ3) is 3.47. The Balaban J connectivity index is 1.65. The van der Waals surface area contributed by atoms with Crippen LogP contribution >= 0.6 is 0 Å². The van der Waals surface area contributed by atoms with Crippen molar-refractivity contribution in [3.8, 4) is 0 Å². The number of aromatic nitrogens is 2. The molecule has 1 aromatic carbocycles. The topological polar surface area (TPSA) is 42.2 Å². The Bertz CT molecular complexity index is 624. The number of rotatable bonds is 4. The van der Waals surface area contributed by atoms with Gasteiger partial charge in [0.25, 0.3) is 0 Å². The molecule has 0 atom stereocenters. The molecule has 3 rings (SSSR count). The molecule has 1 aromatic heterocycles. The lowest BCUT2D eigenvalue weighted by Gasteiger charge is -2.27. The van der Waals surface area contributed by atoms with Crippen LogP contribution in [0.1, 0.15) is 36.7 Å². The summed E-state index contributed by atoms with van der Waals surface area (Å²) in [5.41, 5.74) is 2.29. The normalized spacial score (nSPS) is 15.4. The van der Waals surface area contributed by atoms with E-state index in [4.69, 9.17) is 4.52 Å². The Labute approximate surface area is 124 Å². The van der Waals surface area contributed by atoms with Gasteiger partial charge in [-0.3, -0.25) is 4.90 Å². The first-order valence-electron chi connectivity index (χ1n) is 7.41. The molecule has 0 radical (unpaired) electrons. The molecule has 0 bridgehead atoms. The van der Waals surface area contributed by atoms with Crippen LogP contribution in [0.25, 0.3) is 0 Å². The molecule has 1 aliphatic rings. The molecular weight excluding hydrogens is 269 g/mol. The number of fused-ring (bicyclic) bond motifs is 1. The molecule has 112 valence electrons. The van der Waals surface area contributed by atoms with Gasteiger partial charge in [0.05, 0.1) is 6.54 Å². The summed E-state index contributed by atoms with van der Waals surface area (Å²) in [6.07, 6.45) is 1.76. The Kier molecular flexibility index (Phi) is 4.01. The Morgan fingerprint density at radius 2 is 2.19 bits per heavy atom. The Morgan fingerprint density at radius 1 is 1.33 bits per heavy atom. The van der Waals surface area contributed by atoms with Crippen LogP contribution in [0.4, 0.5) is 4.39 Å². The molecule has 2 heterocycles. The molecule has 2 aromatic rings. The third-order valence-electron chi connectivity index (χ3n) is 3.72. The highest BCUT2D eigenvalue weighted by atomic mass is 19.1. The summed E-state index contributed by atoms with van der Waals surface area (Å²) in [6.45, 7) is 6.55. The smallest absolute Gasteiger partial charge is 0.240 e. The second-order valence-electron chi connectivity index (χ2n) is 6.08. The maximum atomic E-state index is 13.3. The highest BCUT2D eigenvalue weighted by molar-refractivity contribution is 5.29. The van der Waals surface area contributed by atoms with Crippen LogP contribution in [-0.2, 0) is 25.9 Å². The van der Waals surface area contributed by atoms with E-state index < -0.39 is 0 Å². The SMILES string of the molecule is CC(C)Cc1noc(CN2CCc3ccc(F)cc3C2)n1. The zero-order valence-electron chi connectivity index (χ0n) is 12.5. The third-order valence-corrected chi connectivity index (χ3v) is 3.72. The van der Waals surface area contributed by atoms with E-state index in [0.29, 0.717) is 18.4 Å². The van der Waals surface area contributed by atoms with E-state index in [-0.39, 0.29) is 5.82 Å². The summed E-state index contributed by atoms with van der Waals surface area (Å²) in [5, 5.41) is 4.01. The molecule has 0 saturated heterocycles. The number of hydrogen-bond acceptors (Lipinski definition) is 4. The average molecular weight is 289 g/mol. The van der Waals surface area contributed by atoms with Crippen molar-refractivity contribution in [2.24, 2.45) is 5.92 Å². The van der Waals surface area contributed by atoms with Crippen molar-refractivity contribution in [2.75, 3.05) is 6.54 Å². The molecule has 0 N–H and O–H groups in total. The lowest BCUT2D eigenvalue weighted by atomic mass is 10.00. The Hall–Kier alpha value is -1.75. The predicted octanol–water partition coefficient (Wildman–Crippen LogP) is 2.97. The summed E-state index contributed by atoms with van der Waals surface area (Å²) < 4.78 is 18.6. The van der Waals surface area contributed by atoms with Crippen molar-refractivity contribution in [3.63, 3.8) is 0 Å². The highest BCUT2D eigenvalue weighted by Gasteiger charge is 2.19. The van der Waals surface area contributed by atoms with Crippen LogP contribution < -0.4 is 0 Å². The van der Waals surface area contributed by atoms with E-state index >= 15 is 0 Å². The minimum atomic E-state index is -0.174. The molecule has 0 fully saturated rings. The molecular formula is C16H20FN3O. The fourth-order valence-electron chi connectivity index (χ4n) is 2.71. The van der Waals surface area contributed by atoms with Crippen molar-refractivity contribution in [1.29, 1.82) is 0 Å². The fourth-order valence-corrected chi connectivity index (χ4v) is 2.71. The zero-order valence-corrected chi connectivity index (χ0v) is 12.5. The van der Waals surface area contributed by atoms with Crippen LogP contribution in [0, 0.1) is 11.7 Å². The summed E-state index contributed by atoms with van der Waals surface area (Å²) in [5.74, 6) is 1.75. The lowest BCUT2D eigenvalue weighted by Crippen LogP contribution is -2.30. The van der Waals surface area contributed by atoms with Gasteiger partial charge in [-0.15, -0.1) is 0 Å². The quantitative estimate of drug-likeness (QED) is 0.868. The van der Waals surface area contributed by atoms with E-state index in [2.05, 4.69) is 28.9 Å². The molecule has 4 nitrogen and oxygen atoms in total. The van der Waals surface area contributed by atoms with Gasteiger partial charge in [-0.1, -0.05) is 25.1 Å². The Morgan fingerprint density at radius 3 is 3.00 bits per heavy atom. The minimum Gasteiger partial charge on any atom is -0.338 e. The first-order chi connectivity index (χ1) is 10.1. The van der Waals surface area contributed by atoms with Crippen LogP contribution in [0.2, 0.25) is 0 Å². The van der Waals surface area contributed by atoms with E-state index in [0.717, 1.165) is 37.3 Å². The maximum Gasteiger partial charge on any atom is 0.240 e. The van der Waals surface area contributed by atoms with Crippen LogP contribution in [0.5, 0.6) is 0 Å². The minimum absolute atomic E-state index is 0.174. The van der Waals surface area contributed by atoms with Crippen molar-refractivity contribution in [1.82, 2.24) is 15.0 Å². The van der Waals surface area contributed by atoms with Gasteiger partial charge in [0, 0.05) is 19.5 Å². The number of benzene rings is 1. The second kappa shape index (κ2) is 5.93. The van der Waals surface area contributed by atoms with Gasteiger partial charge < -0.3 is 4.52 Å². The molecule has 5 heteroatoms. The van der Waals surface area contributed by atoms with Gasteiger partial charge in [-0.25, -0.2) is 4.39 Å². The maximum absolute atomic E-state index is 13.3. The highest BCUT2D eigenvalue weighted by Crippen LogP contribution is 2.21. The van der Waals surface area contributed by atoms with E-state index in [1.165, 1.54) is 11.6 Å². The van der Waals surface area contributed by atoms with Crippen molar-refractivity contribution in [2.45, 2.75) is 39.8 Å². The van der Waals surface area contributed by atoms with Gasteiger partial charge in [0.2, 0.25) is 5.89 Å². The first-order valence-corrected chi connectivity index (χ1v) is 7.41. The van der Waals surface area contributed by atoms with Crippen molar-refractivity contribution in [3.05, 3.63) is 46.9 Å². The molecule has 0 amide bonds. The molecule has 0 unspecified atom stereocenters. The van der Waals surface area contributed by atoms with Crippen LogP contribution in [0.3, 0.4) is 0 Å². The largest absolute Gasteiger partial charge is 0.338 e. The summed E-state index contributed by atoms with van der Waals surface area (Å²) in [7, 11) is 0. The number of hydrogen-bond donors (Lipinski definition) is 0. The second-order valence-corrected chi connectivity index (χ2v) is 6.08.